The Morgan fingerprint density at radius 1 is 1.55 bits per heavy atom. The first-order valence-electron chi connectivity index (χ1n) is 6.34. The van der Waals surface area contributed by atoms with Crippen molar-refractivity contribution in [1.29, 1.82) is 5.26 Å². The molecule has 1 aromatic heterocycles. The van der Waals surface area contributed by atoms with E-state index in [0.29, 0.717) is 18.0 Å². The fraction of sp³-hybridized carbons (Fsp3) is 0.667. The molecule has 0 bridgehead atoms. The summed E-state index contributed by atoms with van der Waals surface area (Å²) in [4.78, 5) is 0. The summed E-state index contributed by atoms with van der Waals surface area (Å²) in [6.45, 7) is 5.82. The van der Waals surface area contributed by atoms with Crippen LogP contribution in [0.25, 0.3) is 0 Å². The van der Waals surface area contributed by atoms with E-state index >= 15 is 0 Å². The standard InChI is InChI=1S/C12H20N4O3S/c1-5-16(8-10(2)7-13)20(17,18)15(4)9-12-6-11(3)19-14-12/h6,10H,5,8-9H2,1-4H3/t10-/m1/s1. The van der Waals surface area contributed by atoms with Crippen molar-refractivity contribution in [2.75, 3.05) is 20.1 Å². The van der Waals surface area contributed by atoms with Gasteiger partial charge in [-0.15, -0.1) is 0 Å². The molecule has 0 aromatic carbocycles. The molecule has 0 N–H and O–H groups in total. The van der Waals surface area contributed by atoms with Crippen molar-refractivity contribution in [1.82, 2.24) is 13.8 Å². The SMILES string of the molecule is CCN(C[C@H](C)C#N)S(=O)(=O)N(C)Cc1cc(C)on1. The summed E-state index contributed by atoms with van der Waals surface area (Å²) in [5.74, 6) is 0.281. The zero-order valence-corrected chi connectivity index (χ0v) is 13.0. The molecule has 0 spiro atoms. The largest absolute Gasteiger partial charge is 0.361 e. The lowest BCUT2D eigenvalue weighted by molar-refractivity contribution is 0.340. The molecule has 0 fully saturated rings. The molecular formula is C12H20N4O3S. The number of nitrogens with zero attached hydrogens (tertiary/aromatic N) is 4. The van der Waals surface area contributed by atoms with E-state index in [0.717, 1.165) is 0 Å². The second kappa shape index (κ2) is 6.83. The van der Waals surface area contributed by atoms with Gasteiger partial charge >= 0.3 is 0 Å². The first-order valence-corrected chi connectivity index (χ1v) is 7.74. The van der Waals surface area contributed by atoms with Gasteiger partial charge in [0.15, 0.2) is 0 Å². The monoisotopic (exact) mass is 300 g/mol. The Labute approximate surface area is 119 Å². The van der Waals surface area contributed by atoms with Crippen LogP contribution in [0.4, 0.5) is 0 Å². The summed E-state index contributed by atoms with van der Waals surface area (Å²) >= 11 is 0. The molecule has 1 heterocycles. The number of hydrogen-bond acceptors (Lipinski definition) is 5. The molecule has 0 amide bonds. The van der Waals surface area contributed by atoms with E-state index in [4.69, 9.17) is 9.78 Å². The molecule has 7 nitrogen and oxygen atoms in total. The van der Waals surface area contributed by atoms with E-state index < -0.39 is 10.2 Å². The fourth-order valence-electron chi connectivity index (χ4n) is 1.73. The summed E-state index contributed by atoms with van der Waals surface area (Å²) in [6, 6.07) is 3.74. The molecule has 20 heavy (non-hydrogen) atoms. The summed E-state index contributed by atoms with van der Waals surface area (Å²) in [7, 11) is -2.13. The quantitative estimate of drug-likeness (QED) is 0.753. The van der Waals surface area contributed by atoms with Gasteiger partial charge in [-0.3, -0.25) is 0 Å². The average molecular weight is 300 g/mol. The highest BCUT2D eigenvalue weighted by Crippen LogP contribution is 2.13. The molecule has 0 radical (unpaired) electrons. The van der Waals surface area contributed by atoms with Crippen molar-refractivity contribution >= 4 is 10.2 Å². The molecule has 112 valence electrons. The van der Waals surface area contributed by atoms with Crippen molar-refractivity contribution < 1.29 is 12.9 Å². The highest BCUT2D eigenvalue weighted by atomic mass is 32.2. The van der Waals surface area contributed by atoms with Crippen LogP contribution in [0.15, 0.2) is 10.6 Å². The maximum absolute atomic E-state index is 12.4. The average Bonchev–Trinajstić information content (AvgIpc) is 2.80. The van der Waals surface area contributed by atoms with Gasteiger partial charge in [0, 0.05) is 26.2 Å². The minimum atomic E-state index is -3.61. The van der Waals surface area contributed by atoms with E-state index in [9.17, 15) is 8.42 Å². The van der Waals surface area contributed by atoms with E-state index in [1.165, 1.54) is 15.7 Å². The first-order chi connectivity index (χ1) is 9.31. The van der Waals surface area contributed by atoms with Gasteiger partial charge in [-0.1, -0.05) is 12.1 Å². The van der Waals surface area contributed by atoms with Gasteiger partial charge in [0.1, 0.15) is 5.76 Å². The Hall–Kier alpha value is -1.43. The van der Waals surface area contributed by atoms with Gasteiger partial charge in [0.2, 0.25) is 0 Å². The summed E-state index contributed by atoms with van der Waals surface area (Å²) < 4.78 is 32.2. The minimum Gasteiger partial charge on any atom is -0.361 e. The Bertz CT molecular complexity index is 576. The smallest absolute Gasteiger partial charge is 0.282 e. The van der Waals surface area contributed by atoms with Crippen LogP contribution in [0.2, 0.25) is 0 Å². The molecule has 1 rings (SSSR count). The summed E-state index contributed by atoms with van der Waals surface area (Å²) in [5, 5.41) is 12.6. The van der Waals surface area contributed by atoms with Gasteiger partial charge in [-0.25, -0.2) is 0 Å². The zero-order valence-electron chi connectivity index (χ0n) is 12.2. The van der Waals surface area contributed by atoms with E-state index in [1.54, 1.807) is 26.8 Å². The number of aryl methyl sites for hydroxylation is 1. The Balaban J connectivity index is 2.82. The first kappa shape index (κ1) is 16.6. The normalized spacial score (nSPS) is 13.7. The third kappa shape index (κ3) is 4.03. The molecule has 0 aliphatic heterocycles. The van der Waals surface area contributed by atoms with E-state index in [-0.39, 0.29) is 19.0 Å². The lowest BCUT2D eigenvalue weighted by Gasteiger charge is -2.26. The van der Waals surface area contributed by atoms with Crippen LogP contribution < -0.4 is 0 Å². The fourth-order valence-corrected chi connectivity index (χ4v) is 3.16. The second-order valence-electron chi connectivity index (χ2n) is 4.67. The molecule has 0 saturated carbocycles. The van der Waals surface area contributed by atoms with Gasteiger partial charge in [-0.05, 0) is 13.8 Å². The van der Waals surface area contributed by atoms with Crippen molar-refractivity contribution in [3.8, 4) is 6.07 Å². The van der Waals surface area contributed by atoms with Crippen LogP contribution >= 0.6 is 0 Å². The lowest BCUT2D eigenvalue weighted by Crippen LogP contribution is -2.43. The third-order valence-corrected chi connectivity index (χ3v) is 4.81. The van der Waals surface area contributed by atoms with Crippen LogP contribution in [0.5, 0.6) is 0 Å². The molecular weight excluding hydrogens is 280 g/mol. The minimum absolute atomic E-state index is 0.136. The lowest BCUT2D eigenvalue weighted by atomic mass is 10.2. The number of aromatic nitrogens is 1. The molecule has 0 unspecified atom stereocenters. The van der Waals surface area contributed by atoms with Crippen LogP contribution in [0.3, 0.4) is 0 Å². The van der Waals surface area contributed by atoms with Gasteiger partial charge in [0.05, 0.1) is 24.2 Å². The van der Waals surface area contributed by atoms with Crippen LogP contribution in [-0.2, 0) is 16.8 Å². The van der Waals surface area contributed by atoms with E-state index in [1.807, 2.05) is 6.07 Å². The van der Waals surface area contributed by atoms with Crippen molar-refractivity contribution in [2.24, 2.45) is 5.92 Å². The van der Waals surface area contributed by atoms with Crippen LogP contribution in [-0.4, -0.2) is 42.3 Å². The predicted octanol–water partition coefficient (Wildman–Crippen LogP) is 1.14. The highest BCUT2D eigenvalue weighted by Gasteiger charge is 2.27. The molecule has 0 aliphatic carbocycles. The van der Waals surface area contributed by atoms with E-state index in [2.05, 4.69) is 5.16 Å². The molecule has 1 aromatic rings. The topological polar surface area (TPSA) is 90.4 Å². The number of hydrogen-bond donors (Lipinski definition) is 0. The molecule has 8 heteroatoms. The molecule has 0 saturated heterocycles. The zero-order chi connectivity index (χ0) is 15.3. The van der Waals surface area contributed by atoms with Crippen LogP contribution in [0, 0.1) is 24.2 Å². The Morgan fingerprint density at radius 3 is 2.65 bits per heavy atom. The summed E-state index contributed by atoms with van der Waals surface area (Å²) in [5.41, 5.74) is 0.554. The highest BCUT2D eigenvalue weighted by molar-refractivity contribution is 7.86. The maximum Gasteiger partial charge on any atom is 0.282 e. The number of nitriles is 1. The van der Waals surface area contributed by atoms with Gasteiger partial charge in [-0.2, -0.15) is 22.3 Å². The van der Waals surface area contributed by atoms with Crippen LogP contribution in [0.1, 0.15) is 25.3 Å². The summed E-state index contributed by atoms with van der Waals surface area (Å²) in [6.07, 6.45) is 0. The Kier molecular flexibility index (Phi) is 5.68. The van der Waals surface area contributed by atoms with Crippen molar-refractivity contribution in [3.63, 3.8) is 0 Å². The predicted molar refractivity (Wildman–Crippen MR) is 73.7 cm³/mol. The molecule has 0 aliphatic rings. The number of rotatable bonds is 7. The van der Waals surface area contributed by atoms with Crippen molar-refractivity contribution in [3.05, 3.63) is 17.5 Å². The van der Waals surface area contributed by atoms with Gasteiger partial charge in [0.25, 0.3) is 10.2 Å². The molecule has 1 atom stereocenters. The second-order valence-corrected chi connectivity index (χ2v) is 6.71. The third-order valence-electron chi connectivity index (χ3n) is 2.83. The van der Waals surface area contributed by atoms with Crippen molar-refractivity contribution in [2.45, 2.75) is 27.3 Å². The van der Waals surface area contributed by atoms with Gasteiger partial charge < -0.3 is 4.52 Å². The Morgan fingerprint density at radius 2 is 2.20 bits per heavy atom. The maximum atomic E-state index is 12.4.